The number of aliphatic carboxylic acids is 3. The molecule has 22 heteroatoms. The number of oxime groups is 1. The van der Waals surface area contributed by atoms with Crippen LogP contribution in [-0.2, 0) is 40.0 Å². The van der Waals surface area contributed by atoms with Crippen molar-refractivity contribution in [3.63, 3.8) is 0 Å². The van der Waals surface area contributed by atoms with E-state index in [1.54, 1.807) is 0 Å². The van der Waals surface area contributed by atoms with Crippen molar-refractivity contribution >= 4 is 58.6 Å². The van der Waals surface area contributed by atoms with Crippen molar-refractivity contribution in [2.24, 2.45) is 17.0 Å². The number of fused-ring (bicyclic) bond motifs is 1. The van der Waals surface area contributed by atoms with E-state index >= 15 is 0 Å². The highest BCUT2D eigenvalue weighted by molar-refractivity contribution is 5.89. The van der Waals surface area contributed by atoms with Crippen molar-refractivity contribution < 1.29 is 78.5 Å². The lowest BCUT2D eigenvalue weighted by atomic mass is 9.81. The number of carboxylic acids is 3. The van der Waals surface area contributed by atoms with Crippen LogP contribution in [-0.4, -0.2) is 153 Å². The molecule has 63 heavy (non-hydrogen) atoms. The quantitative estimate of drug-likeness (QED) is 0.0307. The van der Waals surface area contributed by atoms with E-state index in [0.717, 1.165) is 16.3 Å². The number of hydrogen-bond acceptors (Lipinski definition) is 13. The molecular weight excluding hydrogens is 834 g/mol. The lowest BCUT2D eigenvalue weighted by molar-refractivity contribution is -0.141. The topological polar surface area (TPSA) is 343 Å². The smallest absolute Gasteiger partial charge is 0.326 e. The fourth-order valence-corrected chi connectivity index (χ4v) is 6.80. The van der Waals surface area contributed by atoms with Gasteiger partial charge >= 0.3 is 23.9 Å². The molecule has 0 bridgehead atoms. The number of alkyl halides is 1. The molecule has 2 aromatic carbocycles. The third-order valence-corrected chi connectivity index (χ3v) is 10.5. The third kappa shape index (κ3) is 18.1. The maximum atomic E-state index is 14.0. The molecule has 2 aromatic rings. The number of carbonyl (C=O) groups excluding carboxylic acids is 4. The Morgan fingerprint density at radius 1 is 0.794 bits per heavy atom. The molecule has 5 amide bonds. The van der Waals surface area contributed by atoms with E-state index < -0.39 is 110 Å². The van der Waals surface area contributed by atoms with Crippen molar-refractivity contribution in [1.29, 1.82) is 0 Å². The summed E-state index contributed by atoms with van der Waals surface area (Å²) in [5.41, 5.74) is 0.795. The van der Waals surface area contributed by atoms with E-state index in [1.807, 2.05) is 42.5 Å². The first kappa shape index (κ1) is 51.4. The molecule has 0 aromatic heterocycles. The number of urea groups is 1. The number of aliphatic hydroxyl groups excluding tert-OH is 4. The van der Waals surface area contributed by atoms with Crippen molar-refractivity contribution in [3.05, 3.63) is 48.0 Å². The second kappa shape index (κ2) is 26.5. The van der Waals surface area contributed by atoms with E-state index in [1.165, 1.54) is 0 Å². The second-order valence-corrected chi connectivity index (χ2v) is 15.3. The molecule has 1 aliphatic carbocycles. The number of nitrogens with one attached hydrogen (secondary N) is 5. The lowest BCUT2D eigenvalue weighted by Crippen LogP contribution is -2.51. The Balaban J connectivity index is 1.49. The summed E-state index contributed by atoms with van der Waals surface area (Å²) in [5, 5.41) is 82.9. The van der Waals surface area contributed by atoms with Crippen molar-refractivity contribution in [1.82, 2.24) is 26.6 Å². The summed E-state index contributed by atoms with van der Waals surface area (Å²) in [5.74, 6) is -5.87. The first-order valence-electron chi connectivity index (χ1n) is 20.5. The Hall–Kier alpha value is -5.97. The molecule has 1 saturated carbocycles. The van der Waals surface area contributed by atoms with Gasteiger partial charge in [-0.2, -0.15) is 0 Å². The summed E-state index contributed by atoms with van der Waals surface area (Å²) >= 11 is 0. The Morgan fingerprint density at radius 2 is 1.44 bits per heavy atom. The van der Waals surface area contributed by atoms with Crippen LogP contribution in [0.5, 0.6) is 0 Å². The molecule has 7 atom stereocenters. The van der Waals surface area contributed by atoms with Crippen molar-refractivity contribution in [3.8, 4) is 0 Å². The van der Waals surface area contributed by atoms with Crippen LogP contribution in [0.2, 0.25) is 0 Å². The Labute approximate surface area is 361 Å². The first-order chi connectivity index (χ1) is 30.0. The highest BCUT2D eigenvalue weighted by Crippen LogP contribution is 2.29. The van der Waals surface area contributed by atoms with Gasteiger partial charge in [0, 0.05) is 31.8 Å². The molecule has 0 spiro atoms. The minimum absolute atomic E-state index is 0.0267. The Kier molecular flexibility index (Phi) is 21.6. The van der Waals surface area contributed by atoms with Crippen LogP contribution in [0, 0.1) is 11.8 Å². The highest BCUT2D eigenvalue weighted by atomic mass is 18.2. The van der Waals surface area contributed by atoms with Crippen LogP contribution >= 0.6 is 0 Å². The molecule has 0 saturated heterocycles. The van der Waals surface area contributed by atoms with Gasteiger partial charge in [-0.1, -0.05) is 47.6 Å². The third-order valence-electron chi connectivity index (χ3n) is 10.5. The monoisotopic (exact) mass is 891 g/mol. The Morgan fingerprint density at radius 3 is 2.08 bits per heavy atom. The molecular formula is C41H57FN6O15. The zero-order chi connectivity index (χ0) is 46.5. The average Bonchev–Trinajstić information content (AvgIpc) is 3.26. The van der Waals surface area contributed by atoms with E-state index in [-0.39, 0.29) is 50.6 Å². The van der Waals surface area contributed by atoms with Crippen LogP contribution in [0.1, 0.15) is 63.4 Å². The number of carbonyl (C=O) groups is 7. The molecule has 348 valence electrons. The minimum atomic E-state index is -2.26. The average molecular weight is 892 g/mol. The van der Waals surface area contributed by atoms with Gasteiger partial charge in [-0.15, -0.1) is 0 Å². The summed E-state index contributed by atoms with van der Waals surface area (Å²) in [6.07, 6.45) is -5.81. The van der Waals surface area contributed by atoms with Gasteiger partial charge in [-0.25, -0.2) is 18.8 Å². The van der Waals surface area contributed by atoms with Crippen LogP contribution in [0.4, 0.5) is 9.18 Å². The number of unbranched alkanes of at least 4 members (excludes halogenated alkanes) is 1. The number of rotatable bonds is 27. The number of hydrogen-bond donors (Lipinski definition) is 12. The number of benzene rings is 2. The van der Waals surface area contributed by atoms with Gasteiger partial charge in [0.05, 0.1) is 12.8 Å². The predicted octanol–water partition coefficient (Wildman–Crippen LogP) is -0.438. The second-order valence-electron chi connectivity index (χ2n) is 15.3. The molecule has 1 aliphatic rings. The van der Waals surface area contributed by atoms with E-state index in [9.17, 15) is 63.5 Å². The van der Waals surface area contributed by atoms with Gasteiger partial charge in [0.25, 0.3) is 5.91 Å². The highest BCUT2D eigenvalue weighted by Gasteiger charge is 2.32. The SMILES string of the molecule is O=C(O)CCC(NC(=O)NC(CCCCNC(=O)C(Cc1ccc2ccccc2c1)NC(=O)C1CCC(CNC(=O)CO/N=C\C([18F])C(O)C(O)C(O)CO)CC1)C(=O)O)C(=O)O. The largest absolute Gasteiger partial charge is 0.481 e. The van der Waals surface area contributed by atoms with Crippen molar-refractivity contribution in [2.45, 2.75) is 107 Å². The van der Waals surface area contributed by atoms with E-state index in [2.05, 4.69) is 31.7 Å². The predicted molar refractivity (Wildman–Crippen MR) is 221 cm³/mol. The van der Waals surface area contributed by atoms with Crippen LogP contribution in [0.25, 0.3) is 10.8 Å². The van der Waals surface area contributed by atoms with Gasteiger partial charge in [0.15, 0.2) is 12.8 Å². The molecule has 3 rings (SSSR count). The maximum Gasteiger partial charge on any atom is 0.326 e. The van der Waals surface area contributed by atoms with Gasteiger partial charge < -0.3 is 67.2 Å². The summed E-state index contributed by atoms with van der Waals surface area (Å²) in [6, 6.07) is 8.36. The van der Waals surface area contributed by atoms with Crippen LogP contribution < -0.4 is 26.6 Å². The first-order valence-corrected chi connectivity index (χ1v) is 20.5. The molecule has 0 heterocycles. The van der Waals surface area contributed by atoms with Gasteiger partial charge in [-0.3, -0.25) is 19.2 Å². The number of aliphatic hydroxyl groups is 4. The fraction of sp³-hybridized carbons (Fsp3) is 0.561. The van der Waals surface area contributed by atoms with Gasteiger partial charge in [0.1, 0.15) is 36.4 Å². The number of amides is 5. The standard InChI is InChI=1S/C41H57FN6O15/c42-28(35(54)36(55)32(50)21-49)20-45-63-22-33(51)44-19-23-8-12-26(13-9-23)37(56)46-31(18-24-10-11-25-5-1-2-6-27(25)17-24)38(57)43-16-4-3-7-29(39(58)59)47-41(62)48-30(40(60)61)14-15-34(52)53/h1-2,5-6,10-11,17,20,23,26,28-32,35-36,49-50,54-55H,3-4,7-9,12-16,18-19,21-22H2,(H,43,57)(H,44,51)(H,46,56)(H,52,53)(H,58,59)(H,60,61)(H2,47,48,62)/b45-20-/i42-1. The Bertz CT molecular complexity index is 1880. The number of carboxylic acid groups (broad SMARTS) is 3. The van der Waals surface area contributed by atoms with E-state index in [0.29, 0.717) is 31.9 Å². The van der Waals surface area contributed by atoms with Gasteiger partial charge in [-0.05, 0) is 73.6 Å². The van der Waals surface area contributed by atoms with E-state index in [4.69, 9.17) is 15.1 Å². The summed E-state index contributed by atoms with van der Waals surface area (Å²) in [7, 11) is 0. The summed E-state index contributed by atoms with van der Waals surface area (Å²) in [4.78, 5) is 90.5. The molecule has 21 nitrogen and oxygen atoms in total. The van der Waals surface area contributed by atoms with Crippen molar-refractivity contribution in [2.75, 3.05) is 26.3 Å². The molecule has 0 radical (unpaired) electrons. The zero-order valence-electron chi connectivity index (χ0n) is 34.4. The molecule has 12 N–H and O–H groups in total. The fourth-order valence-electron chi connectivity index (χ4n) is 6.80. The minimum Gasteiger partial charge on any atom is -0.481 e. The lowest BCUT2D eigenvalue weighted by Gasteiger charge is -2.29. The summed E-state index contributed by atoms with van der Waals surface area (Å²) in [6.45, 7) is -1.11. The van der Waals surface area contributed by atoms with Gasteiger partial charge in [0.2, 0.25) is 11.8 Å². The summed E-state index contributed by atoms with van der Waals surface area (Å²) < 4.78 is 14.0. The zero-order valence-corrected chi connectivity index (χ0v) is 34.4. The van der Waals surface area contributed by atoms with Crippen LogP contribution in [0.15, 0.2) is 47.6 Å². The molecule has 0 aliphatic heterocycles. The number of nitrogens with zero attached hydrogens (tertiary/aromatic N) is 1. The molecule has 1 fully saturated rings. The molecule has 7 unspecified atom stereocenters. The number of halogens is 1. The van der Waals surface area contributed by atoms with Crippen LogP contribution in [0.3, 0.4) is 0 Å². The maximum absolute atomic E-state index is 14.0. The normalized spacial score (nSPS) is 18.4.